The summed E-state index contributed by atoms with van der Waals surface area (Å²) in [5.74, 6) is -0.0675. The molecule has 2 N–H and O–H groups in total. The maximum absolute atomic E-state index is 12.1. The van der Waals surface area contributed by atoms with E-state index < -0.39 is 0 Å². The molecule has 2 heterocycles. The van der Waals surface area contributed by atoms with Gasteiger partial charge in [0.05, 0.1) is 11.7 Å². The van der Waals surface area contributed by atoms with Crippen LogP contribution in [0.15, 0.2) is 35.2 Å². The van der Waals surface area contributed by atoms with Crippen LogP contribution in [-0.4, -0.2) is 16.1 Å². The third kappa shape index (κ3) is 2.37. The highest BCUT2D eigenvalue weighted by Gasteiger charge is 2.08. The van der Waals surface area contributed by atoms with Crippen LogP contribution in [0.3, 0.4) is 0 Å². The van der Waals surface area contributed by atoms with Gasteiger partial charge in [-0.1, -0.05) is 6.07 Å². The topological polar surface area (TPSA) is 57.8 Å². The van der Waals surface area contributed by atoms with Gasteiger partial charge in [0.1, 0.15) is 0 Å². The zero-order valence-corrected chi connectivity index (χ0v) is 11.3. The second-order valence-corrected chi connectivity index (χ2v) is 5.18. The Bertz CT molecular complexity index is 729. The van der Waals surface area contributed by atoms with Crippen LogP contribution in [0.25, 0.3) is 10.9 Å². The molecule has 0 unspecified atom stereocenters. The molecule has 0 saturated heterocycles. The zero-order valence-electron chi connectivity index (χ0n) is 10.4. The molecule has 0 fully saturated rings. The van der Waals surface area contributed by atoms with Gasteiger partial charge in [-0.3, -0.25) is 9.89 Å². The zero-order chi connectivity index (χ0) is 13.2. The minimum absolute atomic E-state index is 0.0675. The molecule has 4 nitrogen and oxygen atoms in total. The Hall–Kier alpha value is -2.14. The number of nitrogens with one attached hydrogen (secondary N) is 2. The van der Waals surface area contributed by atoms with E-state index in [9.17, 15) is 4.79 Å². The maximum Gasteiger partial charge on any atom is 0.251 e. The van der Waals surface area contributed by atoms with Crippen molar-refractivity contribution in [3.05, 3.63) is 51.8 Å². The molecule has 0 atom stereocenters. The lowest BCUT2D eigenvalue weighted by Crippen LogP contribution is -2.22. The molecule has 1 amide bonds. The molecule has 2 aromatic heterocycles. The first kappa shape index (κ1) is 11.9. The Labute approximate surface area is 114 Å². The maximum atomic E-state index is 12.1. The van der Waals surface area contributed by atoms with E-state index >= 15 is 0 Å². The number of H-pyrrole nitrogens is 1. The number of nitrogens with zero attached hydrogens (tertiary/aromatic N) is 1. The predicted molar refractivity (Wildman–Crippen MR) is 76.3 cm³/mol. The lowest BCUT2D eigenvalue weighted by Gasteiger charge is -2.05. The third-order valence-corrected chi connectivity index (χ3v) is 4.02. The van der Waals surface area contributed by atoms with Gasteiger partial charge in [0, 0.05) is 17.5 Å². The van der Waals surface area contributed by atoms with Crippen molar-refractivity contribution in [3.63, 3.8) is 0 Å². The van der Waals surface area contributed by atoms with Crippen molar-refractivity contribution in [1.82, 2.24) is 15.5 Å². The molecule has 0 bridgehead atoms. The Kier molecular flexibility index (Phi) is 3.05. The van der Waals surface area contributed by atoms with Crippen LogP contribution in [0.5, 0.6) is 0 Å². The molecule has 0 radical (unpaired) electrons. The van der Waals surface area contributed by atoms with Crippen LogP contribution in [0, 0.1) is 6.92 Å². The van der Waals surface area contributed by atoms with E-state index in [1.54, 1.807) is 17.5 Å². The van der Waals surface area contributed by atoms with Crippen LogP contribution in [0.2, 0.25) is 0 Å². The fraction of sp³-hybridized carbons (Fsp3) is 0.143. The van der Waals surface area contributed by atoms with Crippen molar-refractivity contribution >= 4 is 28.1 Å². The van der Waals surface area contributed by atoms with Crippen molar-refractivity contribution in [3.8, 4) is 0 Å². The third-order valence-electron chi connectivity index (χ3n) is 3.11. The van der Waals surface area contributed by atoms with Crippen LogP contribution < -0.4 is 5.32 Å². The van der Waals surface area contributed by atoms with Gasteiger partial charge in [-0.05, 0) is 40.9 Å². The molecule has 0 aliphatic carbocycles. The highest BCUT2D eigenvalue weighted by atomic mass is 32.1. The highest BCUT2D eigenvalue weighted by molar-refractivity contribution is 7.08. The molecule has 96 valence electrons. The number of fused-ring (bicyclic) bond motifs is 1. The lowest BCUT2D eigenvalue weighted by molar-refractivity contribution is 0.0951. The highest BCUT2D eigenvalue weighted by Crippen LogP contribution is 2.15. The van der Waals surface area contributed by atoms with Crippen LogP contribution in [0.4, 0.5) is 0 Å². The summed E-state index contributed by atoms with van der Waals surface area (Å²) in [6, 6.07) is 5.52. The number of carbonyl (C=O) groups is 1. The molecule has 0 aliphatic rings. The van der Waals surface area contributed by atoms with Gasteiger partial charge in [-0.15, -0.1) is 0 Å². The smallest absolute Gasteiger partial charge is 0.251 e. The second kappa shape index (κ2) is 4.85. The van der Waals surface area contributed by atoms with E-state index in [4.69, 9.17) is 0 Å². The standard InChI is InChI=1S/C14H13N3OS/c1-9-7-19-8-12(9)5-15-14(18)10-2-3-11-6-16-17-13(11)4-10/h2-4,6-8H,5H2,1H3,(H,15,18)(H,16,17). The van der Waals surface area contributed by atoms with Gasteiger partial charge < -0.3 is 5.32 Å². The summed E-state index contributed by atoms with van der Waals surface area (Å²) in [6.07, 6.45) is 1.74. The molecule has 3 rings (SSSR count). The Morgan fingerprint density at radius 3 is 3.11 bits per heavy atom. The van der Waals surface area contributed by atoms with E-state index in [0.717, 1.165) is 10.9 Å². The van der Waals surface area contributed by atoms with Crippen molar-refractivity contribution in [2.45, 2.75) is 13.5 Å². The van der Waals surface area contributed by atoms with Crippen molar-refractivity contribution in [1.29, 1.82) is 0 Å². The van der Waals surface area contributed by atoms with Gasteiger partial charge >= 0.3 is 0 Å². The molecule has 0 aliphatic heterocycles. The van der Waals surface area contributed by atoms with Crippen LogP contribution in [-0.2, 0) is 6.54 Å². The average Bonchev–Trinajstić information content (AvgIpc) is 3.03. The summed E-state index contributed by atoms with van der Waals surface area (Å²) < 4.78 is 0. The number of aromatic amines is 1. The first-order valence-corrected chi connectivity index (χ1v) is 6.91. The number of carbonyl (C=O) groups excluding carboxylic acids is 1. The Morgan fingerprint density at radius 2 is 2.32 bits per heavy atom. The molecule has 3 aromatic rings. The summed E-state index contributed by atoms with van der Waals surface area (Å²) in [4.78, 5) is 12.1. The van der Waals surface area contributed by atoms with Crippen molar-refractivity contribution in [2.75, 3.05) is 0 Å². The first-order chi connectivity index (χ1) is 9.24. The van der Waals surface area contributed by atoms with Gasteiger partial charge in [0.25, 0.3) is 5.91 Å². The monoisotopic (exact) mass is 271 g/mol. The number of amides is 1. The van der Waals surface area contributed by atoms with E-state index in [-0.39, 0.29) is 5.91 Å². The number of hydrogen-bond acceptors (Lipinski definition) is 3. The van der Waals surface area contributed by atoms with Gasteiger partial charge in [-0.25, -0.2) is 0 Å². The molecule has 1 aromatic carbocycles. The summed E-state index contributed by atoms with van der Waals surface area (Å²) in [5.41, 5.74) is 3.90. The van der Waals surface area contributed by atoms with Crippen LogP contribution >= 0.6 is 11.3 Å². The Balaban J connectivity index is 1.74. The number of aryl methyl sites for hydroxylation is 1. The fourth-order valence-corrected chi connectivity index (χ4v) is 2.78. The number of thiophene rings is 1. The fourth-order valence-electron chi connectivity index (χ4n) is 1.92. The molecule has 5 heteroatoms. The van der Waals surface area contributed by atoms with Crippen LogP contribution in [0.1, 0.15) is 21.5 Å². The minimum Gasteiger partial charge on any atom is -0.348 e. The number of rotatable bonds is 3. The van der Waals surface area contributed by atoms with E-state index in [1.165, 1.54) is 11.1 Å². The molecule has 0 saturated carbocycles. The summed E-state index contributed by atoms with van der Waals surface area (Å²) in [5, 5.41) is 14.9. The molecular weight excluding hydrogens is 258 g/mol. The molecular formula is C14H13N3OS. The summed E-state index contributed by atoms with van der Waals surface area (Å²) in [7, 11) is 0. The number of aromatic nitrogens is 2. The largest absolute Gasteiger partial charge is 0.348 e. The quantitative estimate of drug-likeness (QED) is 0.769. The predicted octanol–water partition coefficient (Wildman–Crippen LogP) is 2.86. The van der Waals surface area contributed by atoms with E-state index in [2.05, 4.69) is 33.2 Å². The molecule has 0 spiro atoms. The van der Waals surface area contributed by atoms with E-state index in [1.807, 2.05) is 18.2 Å². The second-order valence-electron chi connectivity index (χ2n) is 4.43. The van der Waals surface area contributed by atoms with Crippen molar-refractivity contribution < 1.29 is 4.79 Å². The molecule has 19 heavy (non-hydrogen) atoms. The first-order valence-electron chi connectivity index (χ1n) is 5.97. The number of hydrogen-bond donors (Lipinski definition) is 2. The van der Waals surface area contributed by atoms with Gasteiger partial charge in [0.15, 0.2) is 0 Å². The average molecular weight is 271 g/mol. The lowest BCUT2D eigenvalue weighted by atomic mass is 10.1. The minimum atomic E-state index is -0.0675. The SMILES string of the molecule is Cc1cscc1CNC(=O)c1ccc2cn[nH]c2c1. The van der Waals surface area contributed by atoms with Gasteiger partial charge in [0.2, 0.25) is 0 Å². The summed E-state index contributed by atoms with van der Waals surface area (Å²) in [6.45, 7) is 2.61. The normalized spacial score (nSPS) is 10.8. The van der Waals surface area contributed by atoms with Crippen molar-refractivity contribution in [2.24, 2.45) is 0 Å². The Morgan fingerprint density at radius 1 is 1.42 bits per heavy atom. The van der Waals surface area contributed by atoms with Gasteiger partial charge in [-0.2, -0.15) is 16.4 Å². The van der Waals surface area contributed by atoms with E-state index in [0.29, 0.717) is 12.1 Å². The number of benzene rings is 1. The summed E-state index contributed by atoms with van der Waals surface area (Å²) >= 11 is 1.65.